The van der Waals surface area contributed by atoms with Gasteiger partial charge in [0.15, 0.2) is 0 Å². The molecule has 0 heterocycles. The Morgan fingerprint density at radius 3 is 2.24 bits per heavy atom. The Bertz CT molecular complexity index is 511. The maximum absolute atomic E-state index is 12.8. The second kappa shape index (κ2) is 6.50. The lowest BCUT2D eigenvalue weighted by molar-refractivity contribution is -0.137. The minimum Gasteiger partial charge on any atom is -0.494 e. The molecule has 0 fully saturated rings. The molecule has 0 saturated carbocycles. The predicted molar refractivity (Wildman–Crippen MR) is 68.1 cm³/mol. The van der Waals surface area contributed by atoms with Crippen LogP contribution in [0, 0.1) is 0 Å². The minimum atomic E-state index is -4.69. The average molecular weight is 331 g/mol. The van der Waals surface area contributed by atoms with Crippen LogP contribution < -0.4 is 10.5 Å². The van der Waals surface area contributed by atoms with Crippen molar-refractivity contribution in [2.75, 3.05) is 6.61 Å². The molecule has 0 aliphatic rings. The zero-order valence-electron chi connectivity index (χ0n) is 10.5. The van der Waals surface area contributed by atoms with Crippen LogP contribution in [0.1, 0.15) is 24.0 Å². The molecule has 1 rings (SSSR count). The first kappa shape index (κ1) is 17.5. The fourth-order valence-electron chi connectivity index (χ4n) is 1.53. The second-order valence-electron chi connectivity index (χ2n) is 4.14. The molecule has 0 aromatic heterocycles. The van der Waals surface area contributed by atoms with Gasteiger partial charge in [0.2, 0.25) is 0 Å². The van der Waals surface area contributed by atoms with Gasteiger partial charge in [-0.05, 0) is 24.6 Å². The third-order valence-corrected chi connectivity index (χ3v) is 2.66. The van der Waals surface area contributed by atoms with Gasteiger partial charge in [-0.3, -0.25) is 0 Å². The van der Waals surface area contributed by atoms with E-state index in [-0.39, 0.29) is 24.3 Å². The standard InChI is InChI=1S/C12H11F6NOS/c13-11(14,15)4-1-5-20-7-2-3-8(10(19)21)9(6-7)12(16,17)18/h2-3,6H,1,4-5H2,(H2,19,21). The van der Waals surface area contributed by atoms with Crippen molar-refractivity contribution in [1.82, 2.24) is 0 Å². The van der Waals surface area contributed by atoms with Crippen molar-refractivity contribution in [1.29, 1.82) is 0 Å². The summed E-state index contributed by atoms with van der Waals surface area (Å²) in [6, 6.07) is 2.88. The highest BCUT2D eigenvalue weighted by Crippen LogP contribution is 2.34. The summed E-state index contributed by atoms with van der Waals surface area (Å²) in [6.07, 6.45) is -10.4. The Morgan fingerprint density at radius 2 is 1.76 bits per heavy atom. The fourth-order valence-corrected chi connectivity index (χ4v) is 1.70. The van der Waals surface area contributed by atoms with Gasteiger partial charge in [0, 0.05) is 12.0 Å². The number of ether oxygens (including phenoxy) is 1. The lowest BCUT2D eigenvalue weighted by Crippen LogP contribution is -2.18. The molecule has 0 unspecified atom stereocenters. The highest BCUT2D eigenvalue weighted by Gasteiger charge is 2.34. The Balaban J connectivity index is 2.80. The van der Waals surface area contributed by atoms with Crippen LogP contribution in [0.4, 0.5) is 26.3 Å². The molecule has 0 spiro atoms. The minimum absolute atomic E-state index is 0.190. The van der Waals surface area contributed by atoms with Gasteiger partial charge in [-0.2, -0.15) is 26.3 Å². The van der Waals surface area contributed by atoms with Gasteiger partial charge in [0.25, 0.3) is 0 Å². The molecule has 1 aromatic rings. The van der Waals surface area contributed by atoms with E-state index in [1.165, 1.54) is 6.07 Å². The maximum Gasteiger partial charge on any atom is 0.417 e. The van der Waals surface area contributed by atoms with Gasteiger partial charge in [0.1, 0.15) is 10.7 Å². The Kier molecular flexibility index (Phi) is 5.43. The fraction of sp³-hybridized carbons (Fsp3) is 0.417. The SMILES string of the molecule is NC(=S)c1ccc(OCCCC(F)(F)F)cc1C(F)(F)F. The zero-order valence-corrected chi connectivity index (χ0v) is 11.3. The molecule has 0 radical (unpaired) electrons. The topological polar surface area (TPSA) is 35.2 Å². The molecule has 1 aromatic carbocycles. The van der Waals surface area contributed by atoms with E-state index in [1.807, 2.05) is 0 Å². The van der Waals surface area contributed by atoms with Crippen molar-refractivity contribution in [2.24, 2.45) is 5.73 Å². The molecule has 21 heavy (non-hydrogen) atoms. The Hall–Kier alpha value is -1.51. The summed E-state index contributed by atoms with van der Waals surface area (Å²) in [5, 5.41) is 0. The number of alkyl halides is 6. The quantitative estimate of drug-likeness (QED) is 0.502. The molecule has 2 N–H and O–H groups in total. The van der Waals surface area contributed by atoms with Crippen molar-refractivity contribution in [3.63, 3.8) is 0 Å². The van der Waals surface area contributed by atoms with E-state index in [1.54, 1.807) is 0 Å². The lowest BCUT2D eigenvalue weighted by atomic mass is 10.1. The third-order valence-electron chi connectivity index (χ3n) is 2.44. The summed E-state index contributed by atoms with van der Waals surface area (Å²) in [5.41, 5.74) is 3.76. The molecule has 0 saturated heterocycles. The summed E-state index contributed by atoms with van der Waals surface area (Å²) in [5.74, 6) is -0.190. The average Bonchev–Trinajstić information content (AvgIpc) is 2.32. The van der Waals surface area contributed by atoms with Gasteiger partial charge in [0.05, 0.1) is 12.2 Å². The third kappa shape index (κ3) is 5.78. The molecular weight excluding hydrogens is 320 g/mol. The molecule has 0 aliphatic carbocycles. The van der Waals surface area contributed by atoms with E-state index in [0.717, 1.165) is 6.07 Å². The van der Waals surface area contributed by atoms with Gasteiger partial charge < -0.3 is 10.5 Å². The molecule has 2 nitrogen and oxygen atoms in total. The van der Waals surface area contributed by atoms with E-state index < -0.39 is 29.3 Å². The summed E-state index contributed by atoms with van der Waals surface area (Å²) in [4.78, 5) is -0.425. The molecule has 0 atom stereocenters. The monoisotopic (exact) mass is 331 g/mol. The van der Waals surface area contributed by atoms with Crippen LogP contribution in [0.25, 0.3) is 0 Å². The largest absolute Gasteiger partial charge is 0.494 e. The molecule has 118 valence electrons. The first-order valence-electron chi connectivity index (χ1n) is 5.71. The normalized spacial score (nSPS) is 12.3. The van der Waals surface area contributed by atoms with Crippen LogP contribution in [0.15, 0.2) is 18.2 Å². The van der Waals surface area contributed by atoms with Crippen molar-refractivity contribution in [3.8, 4) is 5.75 Å². The highest BCUT2D eigenvalue weighted by atomic mass is 32.1. The van der Waals surface area contributed by atoms with E-state index in [9.17, 15) is 26.3 Å². The van der Waals surface area contributed by atoms with Crippen LogP contribution in [-0.4, -0.2) is 17.8 Å². The first-order chi connectivity index (χ1) is 9.50. The number of thiocarbonyl (C=S) groups is 1. The van der Waals surface area contributed by atoms with Crippen LogP contribution >= 0.6 is 12.2 Å². The molecule has 9 heteroatoms. The van der Waals surface area contributed by atoms with Gasteiger partial charge in [-0.25, -0.2) is 0 Å². The van der Waals surface area contributed by atoms with Crippen LogP contribution in [0.2, 0.25) is 0 Å². The number of hydrogen-bond donors (Lipinski definition) is 1. The summed E-state index contributed by atoms with van der Waals surface area (Å²) in [6.45, 7) is -0.344. The van der Waals surface area contributed by atoms with Crippen molar-refractivity contribution in [2.45, 2.75) is 25.2 Å². The van der Waals surface area contributed by atoms with E-state index in [0.29, 0.717) is 6.07 Å². The second-order valence-corrected chi connectivity index (χ2v) is 4.58. The van der Waals surface area contributed by atoms with Crippen LogP contribution in [-0.2, 0) is 6.18 Å². The number of nitrogens with two attached hydrogens (primary N) is 1. The Labute approximate surface area is 121 Å². The summed E-state index contributed by atoms with van der Waals surface area (Å²) >= 11 is 4.52. The molecule has 0 aliphatic heterocycles. The van der Waals surface area contributed by atoms with E-state index in [4.69, 9.17) is 10.5 Å². The summed E-state index contributed by atoms with van der Waals surface area (Å²) < 4.78 is 79.1. The maximum atomic E-state index is 12.8. The van der Waals surface area contributed by atoms with Crippen molar-refractivity contribution < 1.29 is 31.1 Å². The highest BCUT2D eigenvalue weighted by molar-refractivity contribution is 7.80. The van der Waals surface area contributed by atoms with Crippen LogP contribution in [0.5, 0.6) is 5.75 Å². The number of rotatable bonds is 5. The van der Waals surface area contributed by atoms with Gasteiger partial charge >= 0.3 is 12.4 Å². The summed E-state index contributed by atoms with van der Waals surface area (Å²) in [7, 11) is 0. The smallest absolute Gasteiger partial charge is 0.417 e. The predicted octanol–water partition coefficient (Wildman–Crippen LogP) is 4.06. The van der Waals surface area contributed by atoms with E-state index >= 15 is 0 Å². The van der Waals surface area contributed by atoms with Gasteiger partial charge in [-0.1, -0.05) is 12.2 Å². The van der Waals surface area contributed by atoms with Crippen LogP contribution in [0.3, 0.4) is 0 Å². The van der Waals surface area contributed by atoms with Crippen molar-refractivity contribution >= 4 is 17.2 Å². The lowest BCUT2D eigenvalue weighted by Gasteiger charge is -2.14. The first-order valence-corrected chi connectivity index (χ1v) is 6.12. The van der Waals surface area contributed by atoms with Crippen molar-refractivity contribution in [3.05, 3.63) is 29.3 Å². The molecule has 0 amide bonds. The zero-order chi connectivity index (χ0) is 16.3. The number of halogens is 6. The van der Waals surface area contributed by atoms with Gasteiger partial charge in [-0.15, -0.1) is 0 Å². The van der Waals surface area contributed by atoms with E-state index in [2.05, 4.69) is 12.2 Å². The number of benzene rings is 1. The molecule has 0 bridgehead atoms. The Morgan fingerprint density at radius 1 is 1.14 bits per heavy atom. The number of hydrogen-bond acceptors (Lipinski definition) is 2. The molecular formula is C12H11F6NOS.